The minimum atomic E-state index is -1.45. The lowest BCUT2D eigenvalue weighted by Crippen LogP contribution is -2.43. The van der Waals surface area contributed by atoms with Gasteiger partial charge >= 0.3 is 0 Å². The fourth-order valence-corrected chi connectivity index (χ4v) is 4.77. The van der Waals surface area contributed by atoms with E-state index >= 15 is 0 Å². The number of rotatable bonds is 2. The lowest BCUT2D eigenvalue weighted by Gasteiger charge is -2.35. The first kappa shape index (κ1) is 18.6. The SMILES string of the molecule is CC(=O)[C@@H]1[C@@H](c2ccc(Cl)c(Cl)c2)C(C#N)(C#N)[C@@H]2C=Cc3ccccc3N12. The third-order valence-corrected chi connectivity index (χ3v) is 6.37. The highest BCUT2D eigenvalue weighted by Gasteiger charge is 2.62. The lowest BCUT2D eigenvalue weighted by atomic mass is 9.69. The van der Waals surface area contributed by atoms with Crippen molar-refractivity contribution < 1.29 is 4.79 Å². The van der Waals surface area contributed by atoms with Crippen molar-refractivity contribution in [2.45, 2.75) is 24.9 Å². The average Bonchev–Trinajstić information content (AvgIpc) is 3.01. The van der Waals surface area contributed by atoms with Gasteiger partial charge in [-0.2, -0.15) is 10.5 Å². The Kier molecular flexibility index (Phi) is 4.42. The molecule has 138 valence electrons. The molecule has 2 aliphatic heterocycles. The highest BCUT2D eigenvalue weighted by atomic mass is 35.5. The minimum Gasteiger partial charge on any atom is -0.351 e. The third-order valence-electron chi connectivity index (χ3n) is 5.63. The second kappa shape index (κ2) is 6.67. The number of benzene rings is 2. The van der Waals surface area contributed by atoms with E-state index in [2.05, 4.69) is 12.1 Å². The second-order valence-electron chi connectivity index (χ2n) is 7.07. The number of halogens is 2. The first-order valence-corrected chi connectivity index (χ1v) is 9.53. The van der Waals surface area contributed by atoms with Crippen molar-refractivity contribution in [2.24, 2.45) is 5.41 Å². The molecule has 0 N–H and O–H groups in total. The summed E-state index contributed by atoms with van der Waals surface area (Å²) in [6.45, 7) is 1.50. The van der Waals surface area contributed by atoms with E-state index < -0.39 is 23.4 Å². The molecule has 0 radical (unpaired) electrons. The maximum absolute atomic E-state index is 12.8. The van der Waals surface area contributed by atoms with Crippen LogP contribution in [0.1, 0.15) is 24.0 Å². The molecular weight excluding hydrogens is 393 g/mol. The van der Waals surface area contributed by atoms with Crippen molar-refractivity contribution in [2.75, 3.05) is 4.90 Å². The molecule has 0 amide bonds. The number of nitrogens with zero attached hydrogens (tertiary/aromatic N) is 3. The minimum absolute atomic E-state index is 0.112. The normalized spacial score (nSPS) is 24.0. The number of fused-ring (bicyclic) bond motifs is 3. The van der Waals surface area contributed by atoms with Crippen LogP contribution in [0, 0.1) is 28.1 Å². The Bertz CT molecular complexity index is 1080. The monoisotopic (exact) mass is 407 g/mol. The Balaban J connectivity index is 2.00. The Morgan fingerprint density at radius 1 is 1.11 bits per heavy atom. The summed E-state index contributed by atoms with van der Waals surface area (Å²) in [6.07, 6.45) is 3.76. The summed E-state index contributed by atoms with van der Waals surface area (Å²) in [5.41, 5.74) is 0.993. The number of carbonyl (C=O) groups is 1. The molecule has 0 aromatic heterocycles. The van der Waals surface area contributed by atoms with Gasteiger partial charge in [0.15, 0.2) is 11.2 Å². The highest BCUT2D eigenvalue weighted by Crippen LogP contribution is 2.55. The van der Waals surface area contributed by atoms with Crippen LogP contribution < -0.4 is 4.90 Å². The summed E-state index contributed by atoms with van der Waals surface area (Å²) in [5.74, 6) is -0.783. The quantitative estimate of drug-likeness (QED) is 0.703. The van der Waals surface area contributed by atoms with Crippen LogP contribution in [0.5, 0.6) is 0 Å². The van der Waals surface area contributed by atoms with Crippen molar-refractivity contribution in [3.8, 4) is 12.1 Å². The third kappa shape index (κ3) is 2.46. The molecule has 2 aliphatic rings. The summed E-state index contributed by atoms with van der Waals surface area (Å²) >= 11 is 12.3. The molecule has 28 heavy (non-hydrogen) atoms. The number of para-hydroxylation sites is 1. The summed E-state index contributed by atoms with van der Waals surface area (Å²) in [6, 6.07) is 16.0. The van der Waals surface area contributed by atoms with Gasteiger partial charge in [-0.05, 0) is 36.2 Å². The zero-order valence-electron chi connectivity index (χ0n) is 14.9. The smallest absolute Gasteiger partial charge is 0.176 e. The predicted octanol–water partition coefficient (Wildman–Crippen LogP) is 4.98. The molecule has 0 unspecified atom stereocenters. The number of anilines is 1. The van der Waals surface area contributed by atoms with E-state index in [1.165, 1.54) is 6.92 Å². The van der Waals surface area contributed by atoms with Crippen molar-refractivity contribution in [3.63, 3.8) is 0 Å². The van der Waals surface area contributed by atoms with Gasteiger partial charge in [0.05, 0.1) is 34.3 Å². The molecule has 4 rings (SSSR count). The van der Waals surface area contributed by atoms with Crippen molar-refractivity contribution >= 4 is 40.7 Å². The topological polar surface area (TPSA) is 67.9 Å². The maximum atomic E-state index is 12.8. The van der Waals surface area contributed by atoms with Gasteiger partial charge in [-0.1, -0.05) is 59.6 Å². The van der Waals surface area contributed by atoms with Crippen molar-refractivity contribution in [1.82, 2.24) is 0 Å². The standard InChI is InChI=1S/C22H15Cl2N3O/c1-13(28)21-20(15-6-8-16(23)17(24)10-15)22(11-25,12-26)19-9-7-14-4-2-3-5-18(14)27(19)21/h2-10,19-21H,1H3/t19-,20+,21+/m0/s1. The van der Waals surface area contributed by atoms with Crippen molar-refractivity contribution in [3.05, 3.63) is 69.7 Å². The first-order chi connectivity index (χ1) is 13.4. The summed E-state index contributed by atoms with van der Waals surface area (Å²) in [4.78, 5) is 14.7. The van der Waals surface area contributed by atoms with E-state index in [-0.39, 0.29) is 5.78 Å². The summed E-state index contributed by atoms with van der Waals surface area (Å²) < 4.78 is 0. The Morgan fingerprint density at radius 2 is 1.82 bits per heavy atom. The van der Waals surface area contributed by atoms with Crippen molar-refractivity contribution in [1.29, 1.82) is 10.5 Å². The Labute approximate surface area is 173 Å². The van der Waals surface area contributed by atoms with E-state index in [4.69, 9.17) is 23.2 Å². The van der Waals surface area contributed by atoms with Crippen LogP contribution in [0.3, 0.4) is 0 Å². The van der Waals surface area contributed by atoms with Gasteiger partial charge in [-0.25, -0.2) is 0 Å². The highest BCUT2D eigenvalue weighted by molar-refractivity contribution is 6.42. The van der Waals surface area contributed by atoms with Crippen LogP contribution in [0.15, 0.2) is 48.5 Å². The van der Waals surface area contributed by atoms with Gasteiger partial charge in [-0.15, -0.1) is 0 Å². The van der Waals surface area contributed by atoms with Gasteiger partial charge in [0.1, 0.15) is 0 Å². The van der Waals surface area contributed by atoms with Gasteiger partial charge < -0.3 is 4.90 Å². The summed E-state index contributed by atoms with van der Waals surface area (Å²) in [7, 11) is 0. The van der Waals surface area contributed by atoms with E-state index in [0.717, 1.165) is 11.3 Å². The molecule has 1 saturated heterocycles. The van der Waals surface area contributed by atoms with E-state index in [1.54, 1.807) is 18.2 Å². The van der Waals surface area contributed by atoms with Gasteiger partial charge in [0.2, 0.25) is 0 Å². The molecule has 6 heteroatoms. The zero-order valence-corrected chi connectivity index (χ0v) is 16.4. The number of Topliss-reactive ketones (excluding diaryl/α,β-unsaturated/α-hetero) is 1. The molecule has 0 saturated carbocycles. The summed E-state index contributed by atoms with van der Waals surface area (Å²) in [5, 5.41) is 21.0. The fraction of sp³-hybridized carbons (Fsp3) is 0.227. The number of ketones is 1. The molecule has 0 spiro atoms. The van der Waals surface area contributed by atoms with Gasteiger partial charge in [0.25, 0.3) is 0 Å². The molecule has 2 heterocycles. The zero-order chi connectivity index (χ0) is 20.1. The molecular formula is C22H15Cl2N3O. The van der Waals surface area contributed by atoms with Crippen LogP contribution in [-0.2, 0) is 4.79 Å². The molecule has 4 nitrogen and oxygen atoms in total. The molecule has 0 bridgehead atoms. The van der Waals surface area contributed by atoms with Crippen LogP contribution >= 0.6 is 23.2 Å². The van der Waals surface area contributed by atoms with Crippen LogP contribution in [0.2, 0.25) is 10.0 Å². The maximum Gasteiger partial charge on any atom is 0.176 e. The van der Waals surface area contributed by atoms with Gasteiger partial charge in [0, 0.05) is 11.6 Å². The van der Waals surface area contributed by atoms with Gasteiger partial charge in [-0.3, -0.25) is 4.79 Å². The number of hydrogen-bond donors (Lipinski definition) is 0. The first-order valence-electron chi connectivity index (χ1n) is 8.78. The molecule has 2 aromatic rings. The lowest BCUT2D eigenvalue weighted by molar-refractivity contribution is -0.118. The van der Waals surface area contributed by atoms with Crippen LogP contribution in [0.25, 0.3) is 6.08 Å². The number of hydrogen-bond acceptors (Lipinski definition) is 4. The Morgan fingerprint density at radius 3 is 2.46 bits per heavy atom. The van der Waals surface area contributed by atoms with E-state index in [0.29, 0.717) is 15.6 Å². The Hall–Kier alpha value is -2.79. The molecule has 0 aliphatic carbocycles. The fourth-order valence-electron chi connectivity index (χ4n) is 4.47. The van der Waals surface area contributed by atoms with E-state index in [1.807, 2.05) is 41.3 Å². The number of carbonyl (C=O) groups excluding carboxylic acids is 1. The largest absolute Gasteiger partial charge is 0.351 e. The predicted molar refractivity (Wildman–Crippen MR) is 109 cm³/mol. The van der Waals surface area contributed by atoms with Crippen LogP contribution in [0.4, 0.5) is 5.69 Å². The second-order valence-corrected chi connectivity index (χ2v) is 7.88. The van der Waals surface area contributed by atoms with E-state index in [9.17, 15) is 15.3 Å². The number of nitriles is 2. The molecule has 3 atom stereocenters. The molecule has 2 aromatic carbocycles. The average molecular weight is 408 g/mol. The van der Waals surface area contributed by atoms with Crippen LogP contribution in [-0.4, -0.2) is 17.9 Å². The molecule has 1 fully saturated rings.